The van der Waals surface area contributed by atoms with E-state index in [1.54, 1.807) is 0 Å². The lowest BCUT2D eigenvalue weighted by atomic mass is 9.83. The predicted octanol–water partition coefficient (Wildman–Crippen LogP) is 8.44. The molecular formula is C34H58O5. The smallest absolute Gasteiger partial charge is 0.303 e. The molecule has 0 saturated carbocycles. The lowest BCUT2D eigenvalue weighted by Gasteiger charge is -2.38. The molecule has 4 atom stereocenters. The molecule has 0 fully saturated rings. The molecule has 1 heterocycles. The Labute approximate surface area is 239 Å². The van der Waals surface area contributed by atoms with E-state index in [1.165, 1.54) is 63.9 Å². The number of hydrogen-bond acceptors (Lipinski definition) is 5. The Morgan fingerprint density at radius 2 is 1.51 bits per heavy atom. The highest BCUT2D eigenvalue weighted by Gasteiger charge is 2.34. The minimum absolute atomic E-state index is 0.129. The van der Waals surface area contributed by atoms with E-state index in [0.29, 0.717) is 0 Å². The molecule has 224 valence electrons. The predicted molar refractivity (Wildman–Crippen MR) is 161 cm³/mol. The van der Waals surface area contributed by atoms with Crippen molar-refractivity contribution in [2.75, 3.05) is 13.2 Å². The van der Waals surface area contributed by atoms with Gasteiger partial charge >= 0.3 is 5.97 Å². The maximum atomic E-state index is 11.3. The number of fused-ring (bicyclic) bond motifs is 1. The summed E-state index contributed by atoms with van der Waals surface area (Å²) in [5, 5.41) is 9.53. The molecule has 0 saturated heterocycles. The van der Waals surface area contributed by atoms with E-state index in [9.17, 15) is 9.90 Å². The van der Waals surface area contributed by atoms with Crippen molar-refractivity contribution in [1.29, 1.82) is 0 Å². The van der Waals surface area contributed by atoms with E-state index in [2.05, 4.69) is 55.4 Å². The molecule has 1 aromatic rings. The van der Waals surface area contributed by atoms with Gasteiger partial charge in [0.25, 0.3) is 0 Å². The van der Waals surface area contributed by atoms with Crippen LogP contribution in [0.3, 0.4) is 0 Å². The fourth-order valence-electron chi connectivity index (χ4n) is 6.01. The van der Waals surface area contributed by atoms with E-state index in [0.717, 1.165) is 65.2 Å². The Kier molecular flexibility index (Phi) is 13.6. The Balaban J connectivity index is 1.87. The summed E-state index contributed by atoms with van der Waals surface area (Å²) in [6.07, 6.45) is 13.0. The number of carbonyl (C=O) groups is 1. The van der Waals surface area contributed by atoms with Crippen LogP contribution in [-0.4, -0.2) is 36.0 Å². The number of rotatable bonds is 17. The van der Waals surface area contributed by atoms with Crippen molar-refractivity contribution in [3.8, 4) is 11.5 Å². The maximum absolute atomic E-state index is 11.3. The lowest BCUT2D eigenvalue weighted by molar-refractivity contribution is -0.150. The molecule has 1 aromatic carbocycles. The van der Waals surface area contributed by atoms with Crippen LogP contribution in [0, 0.1) is 38.5 Å². The van der Waals surface area contributed by atoms with Crippen LogP contribution in [0.15, 0.2) is 0 Å². The highest BCUT2D eigenvalue weighted by Crippen LogP contribution is 2.45. The van der Waals surface area contributed by atoms with Crippen molar-refractivity contribution < 1.29 is 24.1 Å². The lowest BCUT2D eigenvalue weighted by Crippen LogP contribution is -2.37. The second-order valence-corrected chi connectivity index (χ2v) is 13.1. The molecular weight excluding hydrogens is 488 g/mol. The van der Waals surface area contributed by atoms with E-state index < -0.39 is 12.1 Å². The summed E-state index contributed by atoms with van der Waals surface area (Å²) < 4.78 is 18.0. The second kappa shape index (κ2) is 15.9. The van der Waals surface area contributed by atoms with Crippen LogP contribution in [0.1, 0.15) is 128 Å². The van der Waals surface area contributed by atoms with E-state index >= 15 is 0 Å². The monoisotopic (exact) mass is 546 g/mol. The van der Waals surface area contributed by atoms with Gasteiger partial charge in [-0.15, -0.1) is 0 Å². The summed E-state index contributed by atoms with van der Waals surface area (Å²) in [5.74, 6) is 3.87. The van der Waals surface area contributed by atoms with Crippen molar-refractivity contribution >= 4 is 5.97 Å². The van der Waals surface area contributed by atoms with Crippen molar-refractivity contribution in [2.24, 2.45) is 17.8 Å². The minimum Gasteiger partial charge on any atom is -0.489 e. The van der Waals surface area contributed by atoms with Crippen molar-refractivity contribution in [3.05, 3.63) is 22.3 Å². The zero-order valence-corrected chi connectivity index (χ0v) is 26.6. The van der Waals surface area contributed by atoms with Crippen molar-refractivity contribution in [1.82, 2.24) is 0 Å². The average Bonchev–Trinajstić information content (AvgIpc) is 2.86. The van der Waals surface area contributed by atoms with Gasteiger partial charge < -0.3 is 19.3 Å². The first kappa shape index (κ1) is 33.5. The molecule has 0 spiro atoms. The Hall–Kier alpha value is -1.75. The van der Waals surface area contributed by atoms with Crippen LogP contribution in [0.5, 0.6) is 11.5 Å². The molecule has 0 aromatic heterocycles. The molecule has 39 heavy (non-hydrogen) atoms. The number of carbonyl (C=O) groups excluding carboxylic acids is 1. The number of esters is 1. The van der Waals surface area contributed by atoms with Gasteiger partial charge in [-0.25, -0.2) is 0 Å². The zero-order valence-electron chi connectivity index (χ0n) is 26.6. The number of aliphatic hydroxyl groups excluding tert-OH is 1. The molecule has 1 N–H and O–H groups in total. The molecule has 1 aliphatic rings. The third-order valence-electron chi connectivity index (χ3n) is 8.79. The number of hydrogen-bond donors (Lipinski definition) is 1. The van der Waals surface area contributed by atoms with Gasteiger partial charge in [0.1, 0.15) is 23.7 Å². The topological polar surface area (TPSA) is 65.0 Å². The van der Waals surface area contributed by atoms with Gasteiger partial charge in [0.05, 0.1) is 6.61 Å². The third-order valence-corrected chi connectivity index (χ3v) is 8.79. The molecule has 0 bridgehead atoms. The summed E-state index contributed by atoms with van der Waals surface area (Å²) in [7, 11) is 0. The van der Waals surface area contributed by atoms with Crippen LogP contribution in [0.25, 0.3) is 0 Å². The van der Waals surface area contributed by atoms with E-state index in [-0.39, 0.29) is 18.8 Å². The largest absolute Gasteiger partial charge is 0.489 e. The fourth-order valence-corrected chi connectivity index (χ4v) is 6.01. The van der Waals surface area contributed by atoms with Gasteiger partial charge in [0, 0.05) is 12.5 Å². The van der Waals surface area contributed by atoms with Crippen molar-refractivity contribution in [3.63, 3.8) is 0 Å². The van der Waals surface area contributed by atoms with Crippen LogP contribution in [0.4, 0.5) is 0 Å². The molecule has 1 aliphatic heterocycles. The van der Waals surface area contributed by atoms with Crippen LogP contribution >= 0.6 is 0 Å². The third kappa shape index (κ3) is 10.6. The van der Waals surface area contributed by atoms with Crippen molar-refractivity contribution in [2.45, 2.75) is 145 Å². The van der Waals surface area contributed by atoms with Gasteiger partial charge in [0.15, 0.2) is 6.10 Å². The number of benzene rings is 1. The highest BCUT2D eigenvalue weighted by atomic mass is 16.6. The van der Waals surface area contributed by atoms with Gasteiger partial charge in [-0.2, -0.15) is 0 Å². The van der Waals surface area contributed by atoms with Crippen LogP contribution < -0.4 is 9.47 Å². The first-order chi connectivity index (χ1) is 18.4. The summed E-state index contributed by atoms with van der Waals surface area (Å²) in [5.41, 5.74) is 4.32. The van der Waals surface area contributed by atoms with Gasteiger partial charge in [-0.3, -0.25) is 4.79 Å². The fraction of sp³-hybridized carbons (Fsp3) is 0.794. The number of aliphatic hydroxyl groups is 1. The average molecular weight is 547 g/mol. The molecule has 2 rings (SSSR count). The van der Waals surface area contributed by atoms with Gasteiger partial charge in [-0.1, -0.05) is 72.6 Å². The van der Waals surface area contributed by atoms with Gasteiger partial charge in [0.2, 0.25) is 0 Å². The van der Waals surface area contributed by atoms with E-state index in [1.807, 2.05) is 0 Å². The Morgan fingerprint density at radius 3 is 2.08 bits per heavy atom. The second-order valence-electron chi connectivity index (χ2n) is 13.1. The molecule has 0 radical (unpaired) electrons. The van der Waals surface area contributed by atoms with Crippen LogP contribution in [0.2, 0.25) is 0 Å². The number of ether oxygens (including phenoxy) is 3. The maximum Gasteiger partial charge on any atom is 0.303 e. The molecule has 5 nitrogen and oxygen atoms in total. The summed E-state index contributed by atoms with van der Waals surface area (Å²) in [6, 6.07) is 0. The highest BCUT2D eigenvalue weighted by molar-refractivity contribution is 5.66. The standard InChI is InChI=1S/C34H58O5/c1-23(2)13-10-14-24(3)15-11-16-25(4)17-12-19-34(9)20-18-31-28(7)32(26(5)27(6)33(31)39-34)37-22-30(21-35)38-29(8)36/h23-25,30,35H,10-22H2,1-9H3/t24-,25-,30?,34-/m1/s1. The molecule has 0 amide bonds. The first-order valence-corrected chi connectivity index (χ1v) is 15.6. The molecule has 1 unspecified atom stereocenters. The first-order valence-electron chi connectivity index (χ1n) is 15.6. The quantitative estimate of drug-likeness (QED) is 0.199. The minimum atomic E-state index is -0.669. The summed E-state index contributed by atoms with van der Waals surface area (Å²) in [6.45, 7) is 19.2. The van der Waals surface area contributed by atoms with Gasteiger partial charge in [-0.05, 0) is 87.8 Å². The Morgan fingerprint density at radius 1 is 0.923 bits per heavy atom. The zero-order chi connectivity index (χ0) is 29.2. The normalized spacial score (nSPS) is 19.3. The Bertz CT molecular complexity index is 908. The molecule has 0 aliphatic carbocycles. The van der Waals surface area contributed by atoms with E-state index in [4.69, 9.17) is 14.2 Å². The van der Waals surface area contributed by atoms with Crippen LogP contribution in [-0.2, 0) is 16.0 Å². The SMILES string of the molecule is CC(=O)OC(CO)COc1c(C)c(C)c2c(c1C)CC[C@@](C)(CCC[C@H](C)CCC[C@H](C)CCCC(C)C)O2. The summed E-state index contributed by atoms with van der Waals surface area (Å²) in [4.78, 5) is 11.3. The molecule has 5 heteroatoms. The summed E-state index contributed by atoms with van der Waals surface area (Å²) >= 11 is 0.